The Labute approximate surface area is 134 Å². The molecule has 0 bridgehead atoms. The van der Waals surface area contributed by atoms with E-state index in [4.69, 9.17) is 0 Å². The number of carbonyl (C=O) groups excluding carboxylic acids is 1. The van der Waals surface area contributed by atoms with Crippen molar-refractivity contribution in [2.75, 3.05) is 14.1 Å². The summed E-state index contributed by atoms with van der Waals surface area (Å²) in [7, 11) is 2.03. The maximum Gasteiger partial charge on any atom is 0.237 e. The molecule has 116 valence electrons. The maximum atomic E-state index is 13.1. The minimum Gasteiger partial charge on any atom is -0.348 e. The van der Waals surface area contributed by atoms with Gasteiger partial charge in [0, 0.05) is 24.9 Å². The number of hydrogen-bond donors (Lipinski definition) is 0. The predicted octanol–water partition coefficient (Wildman–Crippen LogP) is 3.00. The zero-order chi connectivity index (χ0) is 16.1. The molecule has 0 saturated heterocycles. The minimum atomic E-state index is -1.35. The molecule has 1 amide bonds. The second-order valence-corrected chi connectivity index (χ2v) is 7.24. The zero-order valence-electron chi connectivity index (χ0n) is 13.1. The van der Waals surface area contributed by atoms with Gasteiger partial charge in [0.1, 0.15) is 5.25 Å². The van der Waals surface area contributed by atoms with E-state index >= 15 is 0 Å². The minimum absolute atomic E-state index is 0.116. The van der Waals surface area contributed by atoms with Gasteiger partial charge in [-0.1, -0.05) is 60.7 Å². The van der Waals surface area contributed by atoms with Gasteiger partial charge in [-0.2, -0.15) is 0 Å². The van der Waals surface area contributed by atoms with Crippen LogP contribution in [0.2, 0.25) is 0 Å². The highest BCUT2D eigenvalue weighted by molar-refractivity contribution is 7.86. The average Bonchev–Trinajstić information content (AvgIpc) is 2.55. The molecule has 0 aliphatic rings. The van der Waals surface area contributed by atoms with E-state index in [9.17, 15) is 9.00 Å². The number of hydrogen-bond acceptors (Lipinski definition) is 2. The fourth-order valence-corrected chi connectivity index (χ4v) is 4.05. The third-order valence-electron chi connectivity index (χ3n) is 3.57. The lowest BCUT2D eigenvalue weighted by Crippen LogP contribution is -2.36. The molecule has 0 aliphatic carbocycles. The van der Waals surface area contributed by atoms with Gasteiger partial charge in [-0.3, -0.25) is 9.00 Å². The summed E-state index contributed by atoms with van der Waals surface area (Å²) >= 11 is 0. The molecule has 0 fully saturated rings. The van der Waals surface area contributed by atoms with E-state index in [0.717, 1.165) is 11.1 Å². The van der Waals surface area contributed by atoms with Crippen LogP contribution < -0.4 is 0 Å². The van der Waals surface area contributed by atoms with Crippen LogP contribution in [-0.2, 0) is 15.6 Å². The summed E-state index contributed by atoms with van der Waals surface area (Å²) in [5.41, 5.74) is 1.93. The second kappa shape index (κ2) is 7.36. The van der Waals surface area contributed by atoms with E-state index in [1.54, 1.807) is 21.0 Å². The standard InChI is InChI=1S/C18H21NO2S/c1-14(18(20)19(2)3)22(21)17(15-10-6-4-7-11-15)16-12-8-5-9-13-16/h4-14,17H,1-3H3. The molecule has 2 atom stereocenters. The zero-order valence-corrected chi connectivity index (χ0v) is 13.9. The molecule has 0 aliphatic heterocycles. The van der Waals surface area contributed by atoms with Gasteiger partial charge < -0.3 is 4.90 Å². The van der Waals surface area contributed by atoms with Crippen molar-refractivity contribution in [3.8, 4) is 0 Å². The molecule has 2 aromatic rings. The van der Waals surface area contributed by atoms with Gasteiger partial charge in [0.05, 0.1) is 5.25 Å². The van der Waals surface area contributed by atoms with E-state index in [0.29, 0.717) is 0 Å². The van der Waals surface area contributed by atoms with Crippen molar-refractivity contribution in [1.82, 2.24) is 4.90 Å². The fourth-order valence-electron chi connectivity index (χ4n) is 2.38. The Morgan fingerprint density at radius 3 is 1.68 bits per heavy atom. The van der Waals surface area contributed by atoms with Crippen LogP contribution in [-0.4, -0.2) is 34.4 Å². The SMILES string of the molecule is CC(C(=O)N(C)C)S(=O)C(c1ccccc1)c1ccccc1. The van der Waals surface area contributed by atoms with Crippen LogP contribution in [0.3, 0.4) is 0 Å². The molecule has 2 unspecified atom stereocenters. The van der Waals surface area contributed by atoms with Crippen LogP contribution in [0.4, 0.5) is 0 Å². The van der Waals surface area contributed by atoms with Crippen molar-refractivity contribution in [2.45, 2.75) is 17.4 Å². The van der Waals surface area contributed by atoms with Crippen molar-refractivity contribution in [3.63, 3.8) is 0 Å². The molecule has 0 heterocycles. The lowest BCUT2D eigenvalue weighted by atomic mass is 10.0. The van der Waals surface area contributed by atoms with Crippen molar-refractivity contribution >= 4 is 16.7 Å². The molecule has 2 aromatic carbocycles. The Kier molecular flexibility index (Phi) is 5.50. The summed E-state index contributed by atoms with van der Waals surface area (Å²) in [4.78, 5) is 13.7. The van der Waals surface area contributed by atoms with Crippen LogP contribution in [0.15, 0.2) is 60.7 Å². The topological polar surface area (TPSA) is 37.4 Å². The predicted molar refractivity (Wildman–Crippen MR) is 91.0 cm³/mol. The van der Waals surface area contributed by atoms with E-state index in [2.05, 4.69) is 0 Å². The Bertz CT molecular complexity index is 601. The second-order valence-electron chi connectivity index (χ2n) is 5.40. The fraction of sp³-hybridized carbons (Fsp3) is 0.278. The van der Waals surface area contributed by atoms with Crippen LogP contribution in [0, 0.1) is 0 Å². The lowest BCUT2D eigenvalue weighted by molar-refractivity contribution is -0.127. The van der Waals surface area contributed by atoms with E-state index < -0.39 is 16.0 Å². The first-order valence-electron chi connectivity index (χ1n) is 7.22. The smallest absolute Gasteiger partial charge is 0.237 e. The Morgan fingerprint density at radius 1 is 0.909 bits per heavy atom. The first-order chi connectivity index (χ1) is 10.5. The maximum absolute atomic E-state index is 13.1. The molecule has 2 rings (SSSR count). The van der Waals surface area contributed by atoms with Gasteiger partial charge in [0.15, 0.2) is 0 Å². The quantitative estimate of drug-likeness (QED) is 0.850. The summed E-state index contributed by atoms with van der Waals surface area (Å²) in [6.07, 6.45) is 0. The van der Waals surface area contributed by atoms with Gasteiger partial charge in [-0.05, 0) is 18.1 Å². The molecule has 0 saturated carbocycles. The highest BCUT2D eigenvalue weighted by atomic mass is 32.2. The van der Waals surface area contributed by atoms with Crippen LogP contribution in [0.5, 0.6) is 0 Å². The third-order valence-corrected chi connectivity index (χ3v) is 5.48. The van der Waals surface area contributed by atoms with Crippen molar-refractivity contribution in [1.29, 1.82) is 0 Å². The van der Waals surface area contributed by atoms with Crippen LogP contribution >= 0.6 is 0 Å². The molecule has 0 aromatic heterocycles. The van der Waals surface area contributed by atoms with Crippen LogP contribution in [0.25, 0.3) is 0 Å². The first kappa shape index (κ1) is 16.4. The van der Waals surface area contributed by atoms with Crippen molar-refractivity contribution in [3.05, 3.63) is 71.8 Å². The summed E-state index contributed by atoms with van der Waals surface area (Å²) < 4.78 is 13.1. The van der Waals surface area contributed by atoms with Crippen molar-refractivity contribution in [2.24, 2.45) is 0 Å². The largest absolute Gasteiger partial charge is 0.348 e. The molecular weight excluding hydrogens is 294 g/mol. The van der Waals surface area contributed by atoms with Crippen molar-refractivity contribution < 1.29 is 9.00 Å². The Morgan fingerprint density at radius 2 is 1.32 bits per heavy atom. The first-order valence-corrected chi connectivity index (χ1v) is 8.50. The van der Waals surface area contributed by atoms with Gasteiger partial charge in [-0.25, -0.2) is 0 Å². The van der Waals surface area contributed by atoms with Crippen LogP contribution in [0.1, 0.15) is 23.3 Å². The van der Waals surface area contributed by atoms with E-state index in [1.165, 1.54) is 4.90 Å². The number of amides is 1. The molecule has 0 N–H and O–H groups in total. The monoisotopic (exact) mass is 315 g/mol. The van der Waals surface area contributed by atoms with E-state index in [1.807, 2.05) is 60.7 Å². The molecular formula is C18H21NO2S. The molecule has 3 nitrogen and oxygen atoms in total. The summed E-state index contributed by atoms with van der Waals surface area (Å²) in [6.45, 7) is 1.73. The highest BCUT2D eigenvalue weighted by Gasteiger charge is 2.30. The number of carbonyl (C=O) groups is 1. The summed E-state index contributed by atoms with van der Waals surface area (Å²) in [6, 6.07) is 19.4. The molecule has 4 heteroatoms. The van der Waals surface area contributed by atoms with Gasteiger partial charge in [0.25, 0.3) is 0 Å². The Hall–Kier alpha value is -1.94. The Balaban J connectivity index is 2.42. The average molecular weight is 315 g/mol. The molecule has 0 radical (unpaired) electrons. The number of nitrogens with zero attached hydrogens (tertiary/aromatic N) is 1. The number of benzene rings is 2. The normalized spacial score (nSPS) is 13.6. The molecule has 0 spiro atoms. The summed E-state index contributed by atoms with van der Waals surface area (Å²) in [5, 5.41) is -0.860. The van der Waals surface area contributed by atoms with Gasteiger partial charge in [0.2, 0.25) is 5.91 Å². The molecule has 22 heavy (non-hydrogen) atoms. The number of rotatable bonds is 5. The van der Waals surface area contributed by atoms with Gasteiger partial charge in [-0.15, -0.1) is 0 Å². The third kappa shape index (κ3) is 3.63. The van der Waals surface area contributed by atoms with Gasteiger partial charge >= 0.3 is 0 Å². The lowest BCUT2D eigenvalue weighted by Gasteiger charge is -2.23. The highest BCUT2D eigenvalue weighted by Crippen LogP contribution is 2.30. The van der Waals surface area contributed by atoms with E-state index in [-0.39, 0.29) is 11.2 Å². The summed E-state index contributed by atoms with van der Waals surface area (Å²) in [5.74, 6) is -0.116.